The predicted octanol–water partition coefficient (Wildman–Crippen LogP) is 0.682. The van der Waals surface area contributed by atoms with E-state index in [9.17, 15) is 13.2 Å². The van der Waals surface area contributed by atoms with Gasteiger partial charge in [-0.15, -0.1) is 0 Å². The van der Waals surface area contributed by atoms with Gasteiger partial charge < -0.3 is 11.1 Å². The molecule has 1 aliphatic rings. The summed E-state index contributed by atoms with van der Waals surface area (Å²) in [5.41, 5.74) is 6.06. The minimum absolute atomic E-state index is 0.0202. The van der Waals surface area contributed by atoms with Gasteiger partial charge in [-0.2, -0.15) is 0 Å². The van der Waals surface area contributed by atoms with Crippen molar-refractivity contribution in [2.45, 2.75) is 51.5 Å². The van der Waals surface area contributed by atoms with Crippen LogP contribution in [0.5, 0.6) is 0 Å². The molecule has 0 aromatic carbocycles. The SMILES string of the molecule is CCN(CCCNC(=O)C1CCCCCC1N)S(C)(=O)=O. The van der Waals surface area contributed by atoms with Crippen molar-refractivity contribution in [2.75, 3.05) is 25.9 Å². The zero-order valence-electron chi connectivity index (χ0n) is 13.2. The molecule has 2 unspecified atom stereocenters. The molecular weight excluding hydrogens is 290 g/mol. The Morgan fingerprint density at radius 2 is 1.95 bits per heavy atom. The van der Waals surface area contributed by atoms with E-state index in [4.69, 9.17) is 5.73 Å². The molecule has 0 bridgehead atoms. The van der Waals surface area contributed by atoms with Crippen molar-refractivity contribution < 1.29 is 13.2 Å². The van der Waals surface area contributed by atoms with E-state index in [2.05, 4.69) is 5.32 Å². The van der Waals surface area contributed by atoms with Crippen molar-refractivity contribution in [1.82, 2.24) is 9.62 Å². The van der Waals surface area contributed by atoms with Crippen LogP contribution in [0.2, 0.25) is 0 Å². The van der Waals surface area contributed by atoms with Crippen molar-refractivity contribution in [1.29, 1.82) is 0 Å². The van der Waals surface area contributed by atoms with Crippen LogP contribution < -0.4 is 11.1 Å². The molecule has 0 aliphatic heterocycles. The molecule has 0 aromatic heterocycles. The largest absolute Gasteiger partial charge is 0.356 e. The fraction of sp³-hybridized carbons (Fsp3) is 0.929. The highest BCUT2D eigenvalue weighted by molar-refractivity contribution is 7.88. The number of carbonyl (C=O) groups excluding carboxylic acids is 1. The Balaban J connectivity index is 2.33. The monoisotopic (exact) mass is 319 g/mol. The molecule has 2 atom stereocenters. The number of sulfonamides is 1. The Morgan fingerprint density at radius 1 is 1.29 bits per heavy atom. The second kappa shape index (κ2) is 8.70. The number of nitrogens with zero attached hydrogens (tertiary/aromatic N) is 1. The first-order valence-corrected chi connectivity index (χ1v) is 9.69. The third-order valence-electron chi connectivity index (χ3n) is 4.11. The molecule has 0 heterocycles. The summed E-state index contributed by atoms with van der Waals surface area (Å²) in [5, 5.41) is 2.90. The Bertz CT molecular complexity index is 425. The van der Waals surface area contributed by atoms with Gasteiger partial charge in [-0.1, -0.05) is 26.2 Å². The highest BCUT2D eigenvalue weighted by atomic mass is 32.2. The van der Waals surface area contributed by atoms with Crippen molar-refractivity contribution >= 4 is 15.9 Å². The third kappa shape index (κ3) is 6.32. The van der Waals surface area contributed by atoms with Gasteiger partial charge in [0.25, 0.3) is 0 Å². The highest BCUT2D eigenvalue weighted by Crippen LogP contribution is 2.22. The van der Waals surface area contributed by atoms with Gasteiger partial charge in [-0.25, -0.2) is 12.7 Å². The van der Waals surface area contributed by atoms with Gasteiger partial charge in [0, 0.05) is 25.7 Å². The van der Waals surface area contributed by atoms with Crippen LogP contribution in [-0.2, 0) is 14.8 Å². The second-order valence-corrected chi connectivity index (χ2v) is 7.79. The van der Waals surface area contributed by atoms with Gasteiger partial charge in [0.1, 0.15) is 0 Å². The number of nitrogens with one attached hydrogen (secondary N) is 1. The topological polar surface area (TPSA) is 92.5 Å². The summed E-state index contributed by atoms with van der Waals surface area (Å²) in [4.78, 5) is 12.1. The molecule has 1 amide bonds. The number of nitrogens with two attached hydrogens (primary N) is 1. The number of carbonyl (C=O) groups is 1. The maximum absolute atomic E-state index is 12.1. The number of hydrogen-bond acceptors (Lipinski definition) is 4. The van der Waals surface area contributed by atoms with Gasteiger partial charge in [0.05, 0.1) is 12.2 Å². The molecule has 0 saturated heterocycles. The van der Waals surface area contributed by atoms with E-state index >= 15 is 0 Å². The van der Waals surface area contributed by atoms with Crippen molar-refractivity contribution in [3.05, 3.63) is 0 Å². The van der Waals surface area contributed by atoms with Crippen molar-refractivity contribution in [3.63, 3.8) is 0 Å². The lowest BCUT2D eigenvalue weighted by atomic mass is 9.94. The zero-order chi connectivity index (χ0) is 15.9. The zero-order valence-corrected chi connectivity index (χ0v) is 14.0. The molecule has 6 nitrogen and oxygen atoms in total. The lowest BCUT2D eigenvalue weighted by molar-refractivity contribution is -0.125. The third-order valence-corrected chi connectivity index (χ3v) is 5.49. The van der Waals surface area contributed by atoms with Crippen LogP contribution in [0.15, 0.2) is 0 Å². The molecule has 21 heavy (non-hydrogen) atoms. The van der Waals surface area contributed by atoms with Crippen LogP contribution in [0.25, 0.3) is 0 Å². The second-order valence-electron chi connectivity index (χ2n) is 5.81. The van der Waals surface area contributed by atoms with E-state index in [0.717, 1.165) is 32.1 Å². The number of amides is 1. The molecule has 0 spiro atoms. The van der Waals surface area contributed by atoms with Gasteiger partial charge in [-0.05, 0) is 19.3 Å². The van der Waals surface area contributed by atoms with E-state index in [-0.39, 0.29) is 17.9 Å². The van der Waals surface area contributed by atoms with Crippen molar-refractivity contribution in [2.24, 2.45) is 11.7 Å². The predicted molar refractivity (Wildman–Crippen MR) is 84.3 cm³/mol. The smallest absolute Gasteiger partial charge is 0.224 e. The first kappa shape index (κ1) is 18.4. The Labute approximate surface area is 128 Å². The summed E-state index contributed by atoms with van der Waals surface area (Å²) in [7, 11) is -3.15. The van der Waals surface area contributed by atoms with Crippen LogP contribution in [0.1, 0.15) is 45.4 Å². The summed E-state index contributed by atoms with van der Waals surface area (Å²) in [5.74, 6) is -0.0727. The molecule has 0 aromatic rings. The molecule has 1 rings (SSSR count). The maximum atomic E-state index is 12.1. The summed E-state index contributed by atoms with van der Waals surface area (Å²) < 4.78 is 24.3. The molecular formula is C14H29N3O3S. The molecule has 3 N–H and O–H groups in total. The van der Waals surface area contributed by atoms with Crippen molar-refractivity contribution in [3.8, 4) is 0 Å². The fourth-order valence-electron chi connectivity index (χ4n) is 2.82. The molecule has 1 aliphatic carbocycles. The van der Waals surface area contributed by atoms with E-state index < -0.39 is 10.0 Å². The van der Waals surface area contributed by atoms with Gasteiger partial charge in [0.2, 0.25) is 15.9 Å². The first-order chi connectivity index (χ1) is 9.86. The summed E-state index contributed by atoms with van der Waals surface area (Å²) in [6.45, 7) is 3.20. The first-order valence-electron chi connectivity index (χ1n) is 7.84. The summed E-state index contributed by atoms with van der Waals surface area (Å²) >= 11 is 0. The van der Waals surface area contributed by atoms with E-state index in [0.29, 0.717) is 26.1 Å². The van der Waals surface area contributed by atoms with Crippen LogP contribution in [0, 0.1) is 5.92 Å². The molecule has 0 radical (unpaired) electrons. The Kier molecular flexibility index (Phi) is 7.62. The normalized spacial score (nSPS) is 23.8. The average molecular weight is 319 g/mol. The van der Waals surface area contributed by atoms with E-state index in [1.54, 1.807) is 0 Å². The Hall–Kier alpha value is -0.660. The number of hydrogen-bond donors (Lipinski definition) is 2. The standard InChI is InChI=1S/C14H29N3O3S/c1-3-17(21(2,19)20)11-7-10-16-14(18)12-8-5-4-6-9-13(12)15/h12-13H,3-11,15H2,1-2H3,(H,16,18). The van der Waals surface area contributed by atoms with Crippen LogP contribution in [-0.4, -0.2) is 50.6 Å². The van der Waals surface area contributed by atoms with Gasteiger partial charge in [0.15, 0.2) is 0 Å². The van der Waals surface area contributed by atoms with Crippen LogP contribution in [0.4, 0.5) is 0 Å². The number of rotatable bonds is 7. The Morgan fingerprint density at radius 3 is 2.57 bits per heavy atom. The van der Waals surface area contributed by atoms with Crippen LogP contribution in [0.3, 0.4) is 0 Å². The van der Waals surface area contributed by atoms with Gasteiger partial charge >= 0.3 is 0 Å². The van der Waals surface area contributed by atoms with E-state index in [1.165, 1.54) is 10.6 Å². The molecule has 7 heteroatoms. The minimum Gasteiger partial charge on any atom is -0.356 e. The van der Waals surface area contributed by atoms with Gasteiger partial charge in [-0.3, -0.25) is 4.79 Å². The molecule has 1 fully saturated rings. The summed E-state index contributed by atoms with van der Waals surface area (Å²) in [6, 6.07) is -0.0457. The highest BCUT2D eigenvalue weighted by Gasteiger charge is 2.26. The average Bonchev–Trinajstić information content (AvgIpc) is 2.61. The lowest BCUT2D eigenvalue weighted by Gasteiger charge is -2.21. The molecule has 124 valence electrons. The lowest BCUT2D eigenvalue weighted by Crippen LogP contribution is -2.42. The minimum atomic E-state index is -3.15. The van der Waals surface area contributed by atoms with Crippen LogP contribution >= 0.6 is 0 Å². The maximum Gasteiger partial charge on any atom is 0.224 e. The fourth-order valence-corrected chi connectivity index (χ4v) is 3.75. The summed E-state index contributed by atoms with van der Waals surface area (Å²) in [6.07, 6.45) is 6.91. The quantitative estimate of drug-likeness (QED) is 0.533. The molecule has 1 saturated carbocycles. The van der Waals surface area contributed by atoms with E-state index in [1.807, 2.05) is 6.92 Å².